The van der Waals surface area contributed by atoms with Gasteiger partial charge < -0.3 is 10.6 Å². The summed E-state index contributed by atoms with van der Waals surface area (Å²) in [6.45, 7) is 6.57. The lowest BCUT2D eigenvalue weighted by Gasteiger charge is -2.10. The van der Waals surface area contributed by atoms with Crippen LogP contribution in [0.4, 0.5) is 13.2 Å². The minimum atomic E-state index is -4.26. The monoisotopic (exact) mass is 274 g/mol. The SMILES string of the molecule is CC(C)NCCCNCc1ccc(C(F)(F)F)cc1. The Hall–Kier alpha value is -1.07. The molecular weight excluding hydrogens is 253 g/mol. The molecule has 0 aliphatic heterocycles. The fourth-order valence-electron chi connectivity index (χ4n) is 1.65. The average Bonchev–Trinajstić information content (AvgIpc) is 2.32. The minimum absolute atomic E-state index is 0.481. The van der Waals surface area contributed by atoms with Gasteiger partial charge in [-0.1, -0.05) is 26.0 Å². The molecule has 19 heavy (non-hydrogen) atoms. The van der Waals surface area contributed by atoms with Crippen LogP contribution in [0.5, 0.6) is 0 Å². The Morgan fingerprint density at radius 2 is 1.68 bits per heavy atom. The smallest absolute Gasteiger partial charge is 0.314 e. The molecule has 1 aromatic carbocycles. The molecule has 0 fully saturated rings. The van der Waals surface area contributed by atoms with E-state index in [1.54, 1.807) is 0 Å². The Morgan fingerprint density at radius 1 is 1.05 bits per heavy atom. The van der Waals surface area contributed by atoms with Crippen molar-refractivity contribution in [2.45, 2.75) is 39.0 Å². The maximum Gasteiger partial charge on any atom is 0.416 e. The number of halogens is 3. The van der Waals surface area contributed by atoms with Crippen LogP contribution in [-0.2, 0) is 12.7 Å². The summed E-state index contributed by atoms with van der Waals surface area (Å²) in [5.74, 6) is 0. The molecule has 0 amide bonds. The molecule has 0 aliphatic rings. The standard InChI is InChI=1S/C14H21F3N2/c1-11(2)19-9-3-8-18-10-12-4-6-13(7-5-12)14(15,16)17/h4-7,11,18-19H,3,8-10H2,1-2H3. The Balaban J connectivity index is 2.23. The van der Waals surface area contributed by atoms with Crippen molar-refractivity contribution < 1.29 is 13.2 Å². The van der Waals surface area contributed by atoms with Gasteiger partial charge in [-0.15, -0.1) is 0 Å². The summed E-state index contributed by atoms with van der Waals surface area (Å²) >= 11 is 0. The molecule has 2 nitrogen and oxygen atoms in total. The number of benzene rings is 1. The molecule has 0 atom stereocenters. The van der Waals surface area contributed by atoms with Crippen molar-refractivity contribution in [1.82, 2.24) is 10.6 Å². The first-order valence-electron chi connectivity index (χ1n) is 6.50. The molecule has 0 heterocycles. The summed E-state index contributed by atoms with van der Waals surface area (Å²) in [6.07, 6.45) is -3.26. The number of nitrogens with one attached hydrogen (secondary N) is 2. The molecule has 0 aliphatic carbocycles. The predicted octanol–water partition coefficient (Wildman–Crippen LogP) is 3.18. The van der Waals surface area contributed by atoms with E-state index in [4.69, 9.17) is 0 Å². The van der Waals surface area contributed by atoms with Gasteiger partial charge in [0.2, 0.25) is 0 Å². The largest absolute Gasteiger partial charge is 0.416 e. The molecule has 0 saturated heterocycles. The summed E-state index contributed by atoms with van der Waals surface area (Å²) < 4.78 is 37.1. The van der Waals surface area contributed by atoms with Crippen molar-refractivity contribution in [3.63, 3.8) is 0 Å². The van der Waals surface area contributed by atoms with Gasteiger partial charge in [-0.3, -0.25) is 0 Å². The molecule has 0 bridgehead atoms. The molecule has 0 radical (unpaired) electrons. The van der Waals surface area contributed by atoms with E-state index in [1.165, 1.54) is 12.1 Å². The highest BCUT2D eigenvalue weighted by Gasteiger charge is 2.29. The lowest BCUT2D eigenvalue weighted by molar-refractivity contribution is -0.137. The second-order valence-corrected chi connectivity index (χ2v) is 4.83. The fourth-order valence-corrected chi connectivity index (χ4v) is 1.65. The van der Waals surface area contributed by atoms with Gasteiger partial charge in [0.25, 0.3) is 0 Å². The summed E-state index contributed by atoms with van der Waals surface area (Å²) in [5, 5.41) is 6.52. The minimum Gasteiger partial charge on any atom is -0.314 e. The van der Waals surface area contributed by atoms with Crippen LogP contribution in [0.2, 0.25) is 0 Å². The molecule has 0 saturated carbocycles. The van der Waals surface area contributed by atoms with E-state index in [1.807, 2.05) is 0 Å². The zero-order valence-electron chi connectivity index (χ0n) is 11.3. The van der Waals surface area contributed by atoms with Gasteiger partial charge in [-0.25, -0.2) is 0 Å². The van der Waals surface area contributed by atoms with Gasteiger partial charge in [0.05, 0.1) is 5.56 Å². The van der Waals surface area contributed by atoms with Crippen LogP contribution in [0.25, 0.3) is 0 Å². The first kappa shape index (κ1) is 16.0. The van der Waals surface area contributed by atoms with Crippen molar-refractivity contribution in [2.24, 2.45) is 0 Å². The highest BCUT2D eigenvalue weighted by atomic mass is 19.4. The zero-order chi connectivity index (χ0) is 14.3. The van der Waals surface area contributed by atoms with E-state index >= 15 is 0 Å². The normalized spacial score (nSPS) is 12.1. The van der Waals surface area contributed by atoms with Crippen molar-refractivity contribution >= 4 is 0 Å². The van der Waals surface area contributed by atoms with Crippen molar-refractivity contribution in [3.05, 3.63) is 35.4 Å². The maximum absolute atomic E-state index is 12.4. The Kier molecular flexibility index (Phi) is 6.31. The Labute approximate surface area is 112 Å². The first-order chi connectivity index (χ1) is 8.89. The van der Waals surface area contributed by atoms with E-state index in [2.05, 4.69) is 24.5 Å². The lowest BCUT2D eigenvalue weighted by Crippen LogP contribution is -2.26. The quantitative estimate of drug-likeness (QED) is 0.746. The van der Waals surface area contributed by atoms with Crippen molar-refractivity contribution in [2.75, 3.05) is 13.1 Å². The van der Waals surface area contributed by atoms with Gasteiger partial charge in [0.1, 0.15) is 0 Å². The van der Waals surface area contributed by atoms with Gasteiger partial charge in [0, 0.05) is 12.6 Å². The topological polar surface area (TPSA) is 24.1 Å². The van der Waals surface area contributed by atoms with Gasteiger partial charge in [-0.2, -0.15) is 13.2 Å². The molecule has 0 aromatic heterocycles. The highest BCUT2D eigenvalue weighted by Crippen LogP contribution is 2.28. The molecule has 2 N–H and O–H groups in total. The second-order valence-electron chi connectivity index (χ2n) is 4.83. The molecular formula is C14H21F3N2. The van der Waals surface area contributed by atoms with Crippen LogP contribution in [0, 0.1) is 0 Å². The molecule has 1 aromatic rings. The predicted molar refractivity (Wildman–Crippen MR) is 70.9 cm³/mol. The fraction of sp³-hybridized carbons (Fsp3) is 0.571. The van der Waals surface area contributed by atoms with Crippen molar-refractivity contribution in [3.8, 4) is 0 Å². The summed E-state index contributed by atoms with van der Waals surface area (Å²) in [4.78, 5) is 0. The third-order valence-corrected chi connectivity index (χ3v) is 2.69. The Bertz CT molecular complexity index is 358. The molecule has 108 valence electrons. The van der Waals surface area contributed by atoms with Gasteiger partial charge in [0.15, 0.2) is 0 Å². The summed E-state index contributed by atoms with van der Waals surface area (Å²) in [7, 11) is 0. The summed E-state index contributed by atoms with van der Waals surface area (Å²) in [6, 6.07) is 5.76. The number of hydrogen-bond acceptors (Lipinski definition) is 2. The highest BCUT2D eigenvalue weighted by molar-refractivity contribution is 5.24. The van der Waals surface area contributed by atoms with Crippen LogP contribution >= 0.6 is 0 Å². The van der Waals surface area contributed by atoms with E-state index in [9.17, 15) is 13.2 Å². The lowest BCUT2D eigenvalue weighted by atomic mass is 10.1. The van der Waals surface area contributed by atoms with E-state index < -0.39 is 11.7 Å². The van der Waals surface area contributed by atoms with Gasteiger partial charge >= 0.3 is 6.18 Å². The van der Waals surface area contributed by atoms with Gasteiger partial charge in [-0.05, 0) is 37.2 Å². The van der Waals surface area contributed by atoms with Crippen LogP contribution in [0.1, 0.15) is 31.4 Å². The van der Waals surface area contributed by atoms with Crippen LogP contribution < -0.4 is 10.6 Å². The van der Waals surface area contributed by atoms with E-state index in [0.29, 0.717) is 12.6 Å². The Morgan fingerprint density at radius 3 is 2.21 bits per heavy atom. The molecule has 0 unspecified atom stereocenters. The molecule has 1 rings (SSSR count). The van der Waals surface area contributed by atoms with Crippen LogP contribution in [0.15, 0.2) is 24.3 Å². The van der Waals surface area contributed by atoms with Crippen molar-refractivity contribution in [1.29, 1.82) is 0 Å². The average molecular weight is 274 g/mol. The maximum atomic E-state index is 12.4. The second kappa shape index (κ2) is 7.50. The van der Waals surface area contributed by atoms with E-state index in [0.717, 1.165) is 37.2 Å². The molecule has 0 spiro atoms. The third kappa shape index (κ3) is 6.59. The third-order valence-electron chi connectivity index (χ3n) is 2.69. The van der Waals surface area contributed by atoms with Crippen LogP contribution in [-0.4, -0.2) is 19.1 Å². The summed E-state index contributed by atoms with van der Waals surface area (Å²) in [5.41, 5.74) is 0.266. The first-order valence-corrected chi connectivity index (χ1v) is 6.50. The number of alkyl halides is 3. The zero-order valence-corrected chi connectivity index (χ0v) is 11.3. The van der Waals surface area contributed by atoms with E-state index in [-0.39, 0.29) is 0 Å². The number of rotatable bonds is 7. The van der Waals surface area contributed by atoms with Crippen LogP contribution in [0.3, 0.4) is 0 Å². The number of hydrogen-bond donors (Lipinski definition) is 2. The molecule has 5 heteroatoms.